The minimum Gasteiger partial charge on any atom is -0.497 e. The first-order valence-corrected chi connectivity index (χ1v) is 10.5. The van der Waals surface area contributed by atoms with Crippen molar-refractivity contribution in [1.29, 1.82) is 0 Å². The lowest BCUT2D eigenvalue weighted by Gasteiger charge is -2.34. The SMILES string of the molecule is COc1ccc(OC)c(-c2nc(CN3CCc4[nH]cnc4C3c3ccncc3)c(C)o2)c1. The highest BCUT2D eigenvalue weighted by Crippen LogP contribution is 2.37. The fourth-order valence-corrected chi connectivity index (χ4v) is 4.27. The Morgan fingerprint density at radius 2 is 2.00 bits per heavy atom. The quantitative estimate of drug-likeness (QED) is 0.495. The van der Waals surface area contributed by atoms with Crippen molar-refractivity contribution in [1.82, 2.24) is 24.8 Å². The van der Waals surface area contributed by atoms with Gasteiger partial charge >= 0.3 is 0 Å². The largest absolute Gasteiger partial charge is 0.497 e. The van der Waals surface area contributed by atoms with Crippen LogP contribution in [0.2, 0.25) is 0 Å². The Balaban J connectivity index is 1.49. The number of rotatable bonds is 6. The summed E-state index contributed by atoms with van der Waals surface area (Å²) in [6.45, 7) is 3.47. The van der Waals surface area contributed by atoms with Crippen LogP contribution in [0, 0.1) is 6.92 Å². The predicted molar refractivity (Wildman–Crippen MR) is 119 cm³/mol. The summed E-state index contributed by atoms with van der Waals surface area (Å²) < 4.78 is 17.0. The molecule has 0 fully saturated rings. The molecule has 1 aliphatic rings. The molecule has 0 radical (unpaired) electrons. The number of oxazole rings is 1. The molecule has 4 aromatic rings. The Labute approximate surface area is 186 Å². The highest BCUT2D eigenvalue weighted by molar-refractivity contribution is 5.65. The second-order valence-electron chi connectivity index (χ2n) is 7.76. The van der Waals surface area contributed by atoms with Crippen LogP contribution in [0.3, 0.4) is 0 Å². The van der Waals surface area contributed by atoms with Gasteiger partial charge in [0.25, 0.3) is 0 Å². The average Bonchev–Trinajstić information content (AvgIpc) is 3.45. The minimum atomic E-state index is 0.0268. The van der Waals surface area contributed by atoms with E-state index in [9.17, 15) is 0 Å². The molecule has 164 valence electrons. The lowest BCUT2D eigenvalue weighted by molar-refractivity contribution is 0.197. The molecule has 8 nitrogen and oxygen atoms in total. The third-order valence-corrected chi connectivity index (χ3v) is 5.93. The second kappa shape index (κ2) is 8.47. The lowest BCUT2D eigenvalue weighted by Crippen LogP contribution is -2.36. The van der Waals surface area contributed by atoms with Crippen LogP contribution in [0.4, 0.5) is 0 Å². The number of methoxy groups -OCH3 is 2. The Morgan fingerprint density at radius 1 is 1.16 bits per heavy atom. The van der Waals surface area contributed by atoms with Crippen LogP contribution in [0.15, 0.2) is 53.5 Å². The minimum absolute atomic E-state index is 0.0268. The lowest BCUT2D eigenvalue weighted by atomic mass is 9.96. The summed E-state index contributed by atoms with van der Waals surface area (Å²) in [6.07, 6.45) is 6.33. The molecule has 1 aromatic carbocycles. The number of aromatic nitrogens is 4. The summed E-state index contributed by atoms with van der Waals surface area (Å²) in [5, 5.41) is 0. The molecule has 8 heteroatoms. The summed E-state index contributed by atoms with van der Waals surface area (Å²) in [7, 11) is 3.27. The second-order valence-corrected chi connectivity index (χ2v) is 7.76. The molecule has 5 rings (SSSR count). The molecule has 32 heavy (non-hydrogen) atoms. The molecule has 0 bridgehead atoms. The molecule has 1 atom stereocenters. The van der Waals surface area contributed by atoms with Crippen LogP contribution in [0.25, 0.3) is 11.5 Å². The Bertz CT molecular complexity index is 1220. The molecule has 4 heterocycles. The van der Waals surface area contributed by atoms with E-state index < -0.39 is 0 Å². The molecule has 0 saturated carbocycles. The molecule has 1 aliphatic heterocycles. The third kappa shape index (κ3) is 3.62. The number of nitrogens with one attached hydrogen (secondary N) is 1. The third-order valence-electron chi connectivity index (χ3n) is 5.93. The highest BCUT2D eigenvalue weighted by Gasteiger charge is 2.32. The van der Waals surface area contributed by atoms with E-state index >= 15 is 0 Å². The van der Waals surface area contributed by atoms with Gasteiger partial charge in [0.1, 0.15) is 17.3 Å². The van der Waals surface area contributed by atoms with Crippen LogP contribution in [-0.2, 0) is 13.0 Å². The first kappa shape index (κ1) is 20.3. The van der Waals surface area contributed by atoms with E-state index in [4.69, 9.17) is 18.9 Å². The van der Waals surface area contributed by atoms with Crippen LogP contribution in [0.5, 0.6) is 11.5 Å². The van der Waals surface area contributed by atoms with Gasteiger partial charge in [0.15, 0.2) is 0 Å². The van der Waals surface area contributed by atoms with Crippen molar-refractivity contribution < 1.29 is 13.9 Å². The zero-order chi connectivity index (χ0) is 22.1. The van der Waals surface area contributed by atoms with E-state index in [1.807, 2.05) is 49.6 Å². The summed E-state index contributed by atoms with van der Waals surface area (Å²) >= 11 is 0. The van der Waals surface area contributed by atoms with Gasteiger partial charge in [-0.3, -0.25) is 9.88 Å². The first-order chi connectivity index (χ1) is 15.7. The van der Waals surface area contributed by atoms with Crippen LogP contribution >= 0.6 is 0 Å². The summed E-state index contributed by atoms with van der Waals surface area (Å²) in [5.74, 6) is 2.71. The number of fused-ring (bicyclic) bond motifs is 1. The predicted octanol–water partition coefficient (Wildman–Crippen LogP) is 3.93. The first-order valence-electron chi connectivity index (χ1n) is 10.5. The number of pyridine rings is 1. The molecule has 0 saturated heterocycles. The maximum Gasteiger partial charge on any atom is 0.230 e. The summed E-state index contributed by atoms with van der Waals surface area (Å²) in [6, 6.07) is 9.71. The zero-order valence-electron chi connectivity index (χ0n) is 18.3. The van der Waals surface area contributed by atoms with Crippen molar-refractivity contribution in [3.63, 3.8) is 0 Å². The van der Waals surface area contributed by atoms with Crippen molar-refractivity contribution in [3.05, 3.63) is 77.5 Å². The Kier molecular flexibility index (Phi) is 5.36. The number of H-pyrrole nitrogens is 1. The van der Waals surface area contributed by atoms with E-state index in [1.165, 1.54) is 5.69 Å². The molecule has 1 unspecified atom stereocenters. The molecule has 1 N–H and O–H groups in total. The van der Waals surface area contributed by atoms with Gasteiger partial charge in [-0.05, 0) is 42.8 Å². The zero-order valence-corrected chi connectivity index (χ0v) is 18.3. The number of imidazole rings is 1. The number of benzene rings is 1. The van der Waals surface area contributed by atoms with Crippen LogP contribution in [-0.4, -0.2) is 45.6 Å². The molecule has 0 spiro atoms. The van der Waals surface area contributed by atoms with E-state index in [1.54, 1.807) is 20.5 Å². The van der Waals surface area contributed by atoms with E-state index in [0.29, 0.717) is 18.2 Å². The van der Waals surface area contributed by atoms with Gasteiger partial charge in [-0.2, -0.15) is 0 Å². The fraction of sp³-hybridized carbons (Fsp3) is 0.292. The molecule has 3 aromatic heterocycles. The van der Waals surface area contributed by atoms with Gasteiger partial charge in [0.2, 0.25) is 5.89 Å². The number of ether oxygens (including phenoxy) is 2. The molecular formula is C24H25N5O3. The van der Waals surface area contributed by atoms with E-state index in [0.717, 1.165) is 47.0 Å². The molecular weight excluding hydrogens is 406 g/mol. The number of nitrogens with zero attached hydrogens (tertiary/aromatic N) is 4. The number of hydrogen-bond acceptors (Lipinski definition) is 7. The summed E-state index contributed by atoms with van der Waals surface area (Å²) in [4.78, 5) is 19.3. The maximum absolute atomic E-state index is 6.07. The number of hydrogen-bond donors (Lipinski definition) is 1. The topological polar surface area (TPSA) is 89.3 Å². The van der Waals surface area contributed by atoms with Gasteiger partial charge in [0.05, 0.1) is 43.5 Å². The maximum atomic E-state index is 6.07. The van der Waals surface area contributed by atoms with Crippen molar-refractivity contribution in [2.45, 2.75) is 25.9 Å². The average molecular weight is 431 g/mol. The Morgan fingerprint density at radius 3 is 2.78 bits per heavy atom. The van der Waals surface area contributed by atoms with Gasteiger partial charge in [0, 0.05) is 37.6 Å². The van der Waals surface area contributed by atoms with Crippen molar-refractivity contribution in [3.8, 4) is 23.0 Å². The van der Waals surface area contributed by atoms with Crippen molar-refractivity contribution in [2.24, 2.45) is 0 Å². The van der Waals surface area contributed by atoms with Crippen molar-refractivity contribution >= 4 is 0 Å². The van der Waals surface area contributed by atoms with Gasteiger partial charge in [-0.1, -0.05) is 0 Å². The molecule has 0 aliphatic carbocycles. The number of aryl methyl sites for hydroxylation is 1. The monoisotopic (exact) mass is 431 g/mol. The van der Waals surface area contributed by atoms with E-state index in [2.05, 4.69) is 19.9 Å². The van der Waals surface area contributed by atoms with Crippen LogP contribution in [0.1, 0.15) is 34.4 Å². The van der Waals surface area contributed by atoms with E-state index in [-0.39, 0.29) is 6.04 Å². The van der Waals surface area contributed by atoms with Gasteiger partial charge < -0.3 is 18.9 Å². The van der Waals surface area contributed by atoms with Gasteiger partial charge in [-0.25, -0.2) is 9.97 Å². The standard InChI is InChI=1S/C24H25N5O3/c1-15-20(28-24(32-15)18-12-17(30-2)4-5-21(18)31-3)13-29-11-8-19-22(27-14-26-19)23(29)16-6-9-25-10-7-16/h4-7,9-10,12,14,23H,8,11,13H2,1-3H3,(H,26,27). The normalized spacial score (nSPS) is 16.0. The fourth-order valence-electron chi connectivity index (χ4n) is 4.27. The molecule has 0 amide bonds. The summed E-state index contributed by atoms with van der Waals surface area (Å²) in [5.41, 5.74) is 5.05. The van der Waals surface area contributed by atoms with Crippen molar-refractivity contribution in [2.75, 3.05) is 20.8 Å². The number of aromatic amines is 1. The highest BCUT2D eigenvalue weighted by atomic mass is 16.5. The smallest absolute Gasteiger partial charge is 0.230 e. The Hall–Kier alpha value is -3.65. The van der Waals surface area contributed by atoms with Crippen LogP contribution < -0.4 is 9.47 Å². The van der Waals surface area contributed by atoms with Gasteiger partial charge in [-0.15, -0.1) is 0 Å².